The van der Waals surface area contributed by atoms with Crippen LogP contribution in [-0.4, -0.2) is 64.2 Å². The quantitative estimate of drug-likeness (QED) is 0.157. The maximum Gasteiger partial charge on any atom is 0.407 e. The van der Waals surface area contributed by atoms with E-state index in [-0.39, 0.29) is 41.8 Å². The molecule has 3 rings (SSSR count). The normalized spacial score (nSPS) is 13.5. The number of ketones is 1. The number of Topliss-reactive ketones (excluding diaryl/α,β-unsaturated/α-hetero) is 1. The Bertz CT molecular complexity index is 1250. The molecule has 1 atom stereocenters. The van der Waals surface area contributed by atoms with Crippen molar-refractivity contribution in [3.8, 4) is 0 Å². The lowest BCUT2D eigenvalue weighted by Crippen LogP contribution is -2.50. The lowest BCUT2D eigenvalue weighted by Gasteiger charge is -2.25. The van der Waals surface area contributed by atoms with E-state index in [0.29, 0.717) is 0 Å². The topological polar surface area (TPSA) is 165 Å². The lowest BCUT2D eigenvalue weighted by molar-refractivity contribution is -0.384. The number of fused-ring (bicyclic) bond motifs is 1. The van der Waals surface area contributed by atoms with Crippen LogP contribution in [0.25, 0.3) is 0 Å². The van der Waals surface area contributed by atoms with E-state index in [1.807, 2.05) is 0 Å². The van der Waals surface area contributed by atoms with Crippen LogP contribution < -0.4 is 10.6 Å². The number of nitro groups is 1. The van der Waals surface area contributed by atoms with Gasteiger partial charge in [-0.3, -0.25) is 34.2 Å². The highest BCUT2D eigenvalue weighted by molar-refractivity contribution is 6.22. The molecule has 1 aliphatic heterocycles. The Morgan fingerprint density at radius 2 is 1.63 bits per heavy atom. The molecule has 12 heteroatoms. The molecule has 0 aliphatic carbocycles. The van der Waals surface area contributed by atoms with Gasteiger partial charge in [0, 0.05) is 24.2 Å². The second-order valence-corrected chi connectivity index (χ2v) is 9.56. The van der Waals surface area contributed by atoms with Gasteiger partial charge in [-0.1, -0.05) is 24.3 Å². The van der Waals surface area contributed by atoms with Gasteiger partial charge < -0.3 is 15.4 Å². The molecule has 0 bridgehead atoms. The lowest BCUT2D eigenvalue weighted by atomic mass is 10.1. The van der Waals surface area contributed by atoms with Crippen LogP contribution in [0.1, 0.15) is 64.7 Å². The summed E-state index contributed by atoms with van der Waals surface area (Å²) in [5, 5.41) is 16.0. The van der Waals surface area contributed by atoms with Gasteiger partial charge in [0.15, 0.2) is 5.78 Å². The minimum atomic E-state index is -1.26. The van der Waals surface area contributed by atoms with E-state index in [9.17, 15) is 34.1 Å². The number of nitrogens with zero attached hydrogens (tertiary/aromatic N) is 2. The molecule has 2 aromatic rings. The minimum absolute atomic E-state index is 0.00189. The smallest absolute Gasteiger partial charge is 0.407 e. The molecule has 2 aromatic carbocycles. The van der Waals surface area contributed by atoms with Crippen LogP contribution in [0.15, 0.2) is 48.5 Å². The number of imide groups is 1. The third-order valence-electron chi connectivity index (χ3n) is 5.56. The van der Waals surface area contributed by atoms with Crippen LogP contribution >= 0.6 is 0 Å². The third-order valence-corrected chi connectivity index (χ3v) is 5.56. The fourth-order valence-electron chi connectivity index (χ4n) is 3.85. The van der Waals surface area contributed by atoms with Gasteiger partial charge in [-0.15, -0.1) is 0 Å². The zero-order valence-corrected chi connectivity index (χ0v) is 21.2. The second-order valence-electron chi connectivity index (χ2n) is 9.56. The molecular formula is C26H28N4O8. The number of alkyl carbamates (subject to hydrolysis) is 1. The van der Waals surface area contributed by atoms with Crippen molar-refractivity contribution in [3.05, 3.63) is 75.3 Å². The van der Waals surface area contributed by atoms with Crippen molar-refractivity contribution >= 4 is 35.3 Å². The van der Waals surface area contributed by atoms with Crippen LogP contribution in [0.4, 0.5) is 10.5 Å². The van der Waals surface area contributed by atoms with Crippen LogP contribution in [0.5, 0.6) is 0 Å². The number of benzene rings is 2. The number of amides is 4. The molecular weight excluding hydrogens is 496 g/mol. The first kappa shape index (κ1) is 28.0. The second kappa shape index (κ2) is 11.6. The summed E-state index contributed by atoms with van der Waals surface area (Å²) in [6, 6.07) is 9.98. The van der Waals surface area contributed by atoms with E-state index in [4.69, 9.17) is 4.74 Å². The number of hydrogen-bond acceptors (Lipinski definition) is 8. The van der Waals surface area contributed by atoms with Crippen LogP contribution in [0.3, 0.4) is 0 Å². The van der Waals surface area contributed by atoms with Gasteiger partial charge in [-0.05, 0) is 45.7 Å². The van der Waals surface area contributed by atoms with Crippen molar-refractivity contribution in [1.82, 2.24) is 15.5 Å². The van der Waals surface area contributed by atoms with Crippen molar-refractivity contribution in [2.75, 3.05) is 13.1 Å². The highest BCUT2D eigenvalue weighted by Crippen LogP contribution is 2.26. The summed E-state index contributed by atoms with van der Waals surface area (Å²) in [5.41, 5.74) is -0.620. The van der Waals surface area contributed by atoms with Crippen LogP contribution in [-0.2, 0) is 9.53 Å². The first-order valence-electron chi connectivity index (χ1n) is 11.9. The van der Waals surface area contributed by atoms with Gasteiger partial charge in [0.2, 0.25) is 5.91 Å². The Hall–Kier alpha value is -4.61. The Kier molecular flexibility index (Phi) is 8.56. The van der Waals surface area contributed by atoms with Crippen molar-refractivity contribution < 1.29 is 33.6 Å². The summed E-state index contributed by atoms with van der Waals surface area (Å²) in [6.07, 6.45) is -0.441. The average Bonchev–Trinajstić information content (AvgIpc) is 3.11. The van der Waals surface area contributed by atoms with Gasteiger partial charge in [0.1, 0.15) is 11.6 Å². The van der Waals surface area contributed by atoms with Gasteiger partial charge in [-0.25, -0.2) is 4.79 Å². The van der Waals surface area contributed by atoms with E-state index in [1.54, 1.807) is 32.9 Å². The number of non-ortho nitro benzene ring substituents is 1. The Labute approximate surface area is 218 Å². The Balaban J connectivity index is 1.71. The molecule has 0 radical (unpaired) electrons. The molecule has 0 spiro atoms. The predicted octanol–water partition coefficient (Wildman–Crippen LogP) is 2.86. The van der Waals surface area contributed by atoms with Crippen molar-refractivity contribution in [2.24, 2.45) is 0 Å². The van der Waals surface area contributed by atoms with Crippen LogP contribution in [0, 0.1) is 10.1 Å². The average molecular weight is 525 g/mol. The fraction of sp³-hybridized carbons (Fsp3) is 0.346. The number of nitrogens with one attached hydrogen (secondary N) is 2. The maximum absolute atomic E-state index is 13.2. The number of hydrogen-bond donors (Lipinski definition) is 2. The Morgan fingerprint density at radius 3 is 2.21 bits per heavy atom. The first-order valence-corrected chi connectivity index (χ1v) is 11.9. The zero-order chi connectivity index (χ0) is 28.0. The molecule has 0 fully saturated rings. The van der Waals surface area contributed by atoms with Crippen molar-refractivity contribution in [1.29, 1.82) is 0 Å². The molecule has 1 heterocycles. The number of carbonyl (C=O) groups is 5. The molecule has 1 unspecified atom stereocenters. The SMILES string of the molecule is CC(C)(C)OC(=O)NCCCC(C(=O)NCC(=O)c1cccc([N+](=O)[O-])c1)N1C(=O)c2ccccc2C1=O. The van der Waals surface area contributed by atoms with E-state index >= 15 is 0 Å². The first-order chi connectivity index (χ1) is 17.9. The van der Waals surface area contributed by atoms with Crippen molar-refractivity contribution in [3.63, 3.8) is 0 Å². The summed E-state index contributed by atoms with van der Waals surface area (Å²) in [6.45, 7) is 4.74. The van der Waals surface area contributed by atoms with Gasteiger partial charge in [-0.2, -0.15) is 0 Å². The number of ether oxygens (including phenoxy) is 1. The number of rotatable bonds is 10. The van der Waals surface area contributed by atoms with E-state index in [1.165, 1.54) is 30.3 Å². The number of nitro benzene ring substituents is 1. The minimum Gasteiger partial charge on any atom is -0.444 e. The van der Waals surface area contributed by atoms with E-state index in [0.717, 1.165) is 11.0 Å². The molecule has 1 aliphatic rings. The monoisotopic (exact) mass is 524 g/mol. The van der Waals surface area contributed by atoms with Gasteiger partial charge >= 0.3 is 6.09 Å². The number of carbonyl (C=O) groups excluding carboxylic acids is 5. The molecule has 4 amide bonds. The maximum atomic E-state index is 13.2. The summed E-state index contributed by atoms with van der Waals surface area (Å²) in [5.74, 6) is -2.63. The molecule has 2 N–H and O–H groups in total. The van der Waals surface area contributed by atoms with E-state index in [2.05, 4.69) is 10.6 Å². The summed E-state index contributed by atoms with van der Waals surface area (Å²) in [4.78, 5) is 74.9. The molecule has 38 heavy (non-hydrogen) atoms. The zero-order valence-electron chi connectivity index (χ0n) is 21.2. The van der Waals surface area contributed by atoms with Crippen LogP contribution in [0.2, 0.25) is 0 Å². The fourth-order valence-corrected chi connectivity index (χ4v) is 3.85. The molecule has 0 aromatic heterocycles. The Morgan fingerprint density at radius 1 is 1.00 bits per heavy atom. The molecule has 12 nitrogen and oxygen atoms in total. The largest absolute Gasteiger partial charge is 0.444 e. The third kappa shape index (κ3) is 6.78. The predicted molar refractivity (Wildman–Crippen MR) is 135 cm³/mol. The summed E-state index contributed by atoms with van der Waals surface area (Å²) in [7, 11) is 0. The van der Waals surface area contributed by atoms with E-state index < -0.39 is 52.7 Å². The molecule has 0 saturated heterocycles. The molecule has 200 valence electrons. The standard InChI is InChI=1S/C26H28N4O8/c1-26(2,3)38-25(35)27-13-7-12-20(29-23(33)18-10-4-5-11-19(18)24(29)34)22(32)28-15-21(31)16-8-6-9-17(14-16)30(36)37/h4-6,8-11,14,20H,7,12-13,15H2,1-3H3,(H,27,35)(H,28,32). The molecule has 0 saturated carbocycles. The summed E-state index contributed by atoms with van der Waals surface area (Å²) >= 11 is 0. The van der Waals surface area contributed by atoms with Gasteiger partial charge in [0.25, 0.3) is 17.5 Å². The van der Waals surface area contributed by atoms with Crippen molar-refractivity contribution in [2.45, 2.75) is 45.3 Å². The van der Waals surface area contributed by atoms with Gasteiger partial charge in [0.05, 0.1) is 22.6 Å². The highest BCUT2D eigenvalue weighted by atomic mass is 16.6. The summed E-state index contributed by atoms with van der Waals surface area (Å²) < 4.78 is 5.17. The highest BCUT2D eigenvalue weighted by Gasteiger charge is 2.42.